The molecule has 0 aliphatic heterocycles. The summed E-state index contributed by atoms with van der Waals surface area (Å²) in [6, 6.07) is 12.5. The average Bonchev–Trinajstić information content (AvgIpc) is 2.47. The fourth-order valence-electron chi connectivity index (χ4n) is 1.93. The summed E-state index contributed by atoms with van der Waals surface area (Å²) in [6.07, 6.45) is 0. The lowest BCUT2D eigenvalue weighted by atomic mass is 10.1. The van der Waals surface area contributed by atoms with E-state index in [0.717, 1.165) is 21.3 Å². The van der Waals surface area contributed by atoms with Crippen molar-refractivity contribution in [2.24, 2.45) is 0 Å². The summed E-state index contributed by atoms with van der Waals surface area (Å²) in [5.74, 6) is -0.362. The maximum Gasteiger partial charge on any atom is 0.333 e. The highest BCUT2D eigenvalue weighted by Gasteiger charge is 2.23. The normalized spacial score (nSPS) is 11.8. The molecule has 0 heterocycles. The predicted octanol–water partition coefficient (Wildman–Crippen LogP) is 4.74. The Labute approximate surface area is 137 Å². The highest BCUT2D eigenvalue weighted by molar-refractivity contribution is 9.10. The largest absolute Gasteiger partial charge is 0.467 e. The lowest BCUT2D eigenvalue weighted by Crippen LogP contribution is -2.22. The minimum Gasteiger partial charge on any atom is -0.467 e. The summed E-state index contributed by atoms with van der Waals surface area (Å²) in [5, 5.41) is 3.79. The van der Waals surface area contributed by atoms with Crippen LogP contribution in [0.4, 0.5) is 5.69 Å². The summed E-state index contributed by atoms with van der Waals surface area (Å²) in [6.45, 7) is 2.01. The third-order valence-corrected chi connectivity index (χ3v) is 3.99. The number of halogens is 2. The van der Waals surface area contributed by atoms with Gasteiger partial charge in [-0.05, 0) is 36.8 Å². The Balaban J connectivity index is 2.34. The fourth-order valence-corrected chi connectivity index (χ4v) is 2.85. The van der Waals surface area contributed by atoms with Crippen molar-refractivity contribution in [3.05, 3.63) is 63.1 Å². The molecule has 21 heavy (non-hydrogen) atoms. The molecule has 0 aliphatic carbocycles. The van der Waals surface area contributed by atoms with Gasteiger partial charge in [0.1, 0.15) is 0 Å². The molecule has 0 aromatic heterocycles. The van der Waals surface area contributed by atoms with Crippen molar-refractivity contribution in [1.29, 1.82) is 0 Å². The van der Waals surface area contributed by atoms with Gasteiger partial charge < -0.3 is 10.1 Å². The van der Waals surface area contributed by atoms with Crippen molar-refractivity contribution in [2.75, 3.05) is 12.4 Å². The van der Waals surface area contributed by atoms with Crippen LogP contribution in [0.3, 0.4) is 0 Å². The van der Waals surface area contributed by atoms with E-state index in [0.29, 0.717) is 5.02 Å². The van der Waals surface area contributed by atoms with Gasteiger partial charge in [0, 0.05) is 15.2 Å². The Morgan fingerprint density at radius 2 is 1.90 bits per heavy atom. The van der Waals surface area contributed by atoms with Crippen LogP contribution in [0.2, 0.25) is 5.02 Å². The molecule has 0 fully saturated rings. The number of carbonyl (C=O) groups is 1. The quantitative estimate of drug-likeness (QED) is 0.792. The van der Waals surface area contributed by atoms with E-state index in [1.54, 1.807) is 18.2 Å². The Bertz CT molecular complexity index is 643. The molecule has 2 rings (SSSR count). The molecule has 0 aliphatic rings. The molecule has 0 radical (unpaired) electrons. The fraction of sp³-hybridized carbons (Fsp3) is 0.188. The van der Waals surface area contributed by atoms with Crippen molar-refractivity contribution in [2.45, 2.75) is 13.0 Å². The lowest BCUT2D eigenvalue weighted by molar-refractivity contribution is -0.141. The molecule has 110 valence electrons. The van der Waals surface area contributed by atoms with Crippen LogP contribution < -0.4 is 5.32 Å². The summed E-state index contributed by atoms with van der Waals surface area (Å²) in [5.41, 5.74) is 2.77. The van der Waals surface area contributed by atoms with Crippen LogP contribution in [0.15, 0.2) is 46.9 Å². The smallest absolute Gasteiger partial charge is 0.333 e. The van der Waals surface area contributed by atoms with Gasteiger partial charge in [-0.15, -0.1) is 0 Å². The number of benzene rings is 2. The van der Waals surface area contributed by atoms with Crippen molar-refractivity contribution >= 4 is 39.2 Å². The first-order valence-corrected chi connectivity index (χ1v) is 7.54. The number of rotatable bonds is 4. The lowest BCUT2D eigenvalue weighted by Gasteiger charge is -2.19. The minimum absolute atomic E-state index is 0.362. The van der Waals surface area contributed by atoms with Gasteiger partial charge in [-0.1, -0.05) is 51.3 Å². The van der Waals surface area contributed by atoms with Gasteiger partial charge in [0.25, 0.3) is 0 Å². The van der Waals surface area contributed by atoms with Crippen molar-refractivity contribution in [3.8, 4) is 0 Å². The minimum atomic E-state index is -0.607. The SMILES string of the molecule is COC(=O)C(Nc1ccc(C)cc1)c1ccc(Cl)cc1Br. The number of ether oxygens (including phenoxy) is 1. The highest BCUT2D eigenvalue weighted by Crippen LogP contribution is 2.30. The zero-order chi connectivity index (χ0) is 15.4. The number of anilines is 1. The molecular formula is C16H15BrClNO2. The van der Waals surface area contributed by atoms with Gasteiger partial charge in [0.2, 0.25) is 0 Å². The van der Waals surface area contributed by atoms with Gasteiger partial charge in [0.15, 0.2) is 6.04 Å². The topological polar surface area (TPSA) is 38.3 Å². The maximum atomic E-state index is 12.1. The Hall–Kier alpha value is -1.52. The van der Waals surface area contributed by atoms with E-state index in [1.165, 1.54) is 7.11 Å². The molecule has 0 amide bonds. The molecule has 0 saturated carbocycles. The number of hydrogen-bond donors (Lipinski definition) is 1. The number of carbonyl (C=O) groups excluding carboxylic acids is 1. The number of methoxy groups -OCH3 is 1. The van der Waals surface area contributed by atoms with Crippen molar-refractivity contribution < 1.29 is 9.53 Å². The zero-order valence-electron chi connectivity index (χ0n) is 11.7. The van der Waals surface area contributed by atoms with Crippen LogP contribution in [-0.2, 0) is 9.53 Å². The van der Waals surface area contributed by atoms with Gasteiger partial charge in [-0.2, -0.15) is 0 Å². The van der Waals surface area contributed by atoms with E-state index in [4.69, 9.17) is 16.3 Å². The van der Waals surface area contributed by atoms with Gasteiger partial charge in [-0.3, -0.25) is 0 Å². The van der Waals surface area contributed by atoms with Crippen LogP contribution >= 0.6 is 27.5 Å². The van der Waals surface area contributed by atoms with Crippen LogP contribution in [0, 0.1) is 6.92 Å². The number of esters is 1. The second kappa shape index (κ2) is 6.96. The zero-order valence-corrected chi connectivity index (χ0v) is 14.0. The van der Waals surface area contributed by atoms with E-state index in [-0.39, 0.29) is 5.97 Å². The Morgan fingerprint density at radius 1 is 1.24 bits per heavy atom. The molecule has 2 aromatic rings. The van der Waals surface area contributed by atoms with Crippen LogP contribution in [0.1, 0.15) is 17.2 Å². The molecule has 0 spiro atoms. The van der Waals surface area contributed by atoms with E-state index >= 15 is 0 Å². The average molecular weight is 369 g/mol. The molecule has 1 atom stereocenters. The number of nitrogens with one attached hydrogen (secondary N) is 1. The second-order valence-electron chi connectivity index (χ2n) is 4.63. The second-order valence-corrected chi connectivity index (χ2v) is 5.92. The molecule has 3 nitrogen and oxygen atoms in total. The van der Waals surface area contributed by atoms with Crippen molar-refractivity contribution in [1.82, 2.24) is 0 Å². The molecule has 0 saturated heterocycles. The first-order chi connectivity index (χ1) is 10.0. The van der Waals surface area contributed by atoms with Crippen LogP contribution in [0.5, 0.6) is 0 Å². The van der Waals surface area contributed by atoms with Crippen molar-refractivity contribution in [3.63, 3.8) is 0 Å². The third kappa shape index (κ3) is 3.99. The van der Waals surface area contributed by atoms with Crippen LogP contribution in [-0.4, -0.2) is 13.1 Å². The number of aryl methyl sites for hydroxylation is 1. The summed E-state index contributed by atoms with van der Waals surface area (Å²) in [7, 11) is 1.37. The molecule has 1 N–H and O–H groups in total. The maximum absolute atomic E-state index is 12.1. The monoisotopic (exact) mass is 367 g/mol. The van der Waals surface area contributed by atoms with Gasteiger partial charge in [0.05, 0.1) is 7.11 Å². The molecular weight excluding hydrogens is 354 g/mol. The Kier molecular flexibility index (Phi) is 5.26. The van der Waals surface area contributed by atoms with Gasteiger partial charge >= 0.3 is 5.97 Å². The summed E-state index contributed by atoms with van der Waals surface area (Å²) in [4.78, 5) is 12.1. The Morgan fingerprint density at radius 3 is 2.48 bits per heavy atom. The standard InChI is InChI=1S/C16H15BrClNO2/c1-10-3-6-12(7-4-10)19-15(16(20)21-2)13-8-5-11(18)9-14(13)17/h3-9,15,19H,1-2H3. The predicted molar refractivity (Wildman–Crippen MR) is 88.7 cm³/mol. The summed E-state index contributed by atoms with van der Waals surface area (Å²) >= 11 is 9.38. The highest BCUT2D eigenvalue weighted by atomic mass is 79.9. The molecule has 2 aromatic carbocycles. The molecule has 0 bridgehead atoms. The first kappa shape index (κ1) is 15.9. The van der Waals surface area contributed by atoms with E-state index in [2.05, 4.69) is 21.2 Å². The molecule has 1 unspecified atom stereocenters. The summed E-state index contributed by atoms with van der Waals surface area (Å²) < 4.78 is 5.65. The van der Waals surface area contributed by atoms with E-state index in [9.17, 15) is 4.79 Å². The third-order valence-electron chi connectivity index (χ3n) is 3.07. The molecule has 5 heteroatoms. The number of hydrogen-bond acceptors (Lipinski definition) is 3. The first-order valence-electron chi connectivity index (χ1n) is 6.37. The van der Waals surface area contributed by atoms with E-state index < -0.39 is 6.04 Å². The van der Waals surface area contributed by atoms with E-state index in [1.807, 2.05) is 31.2 Å². The van der Waals surface area contributed by atoms with Crippen LogP contribution in [0.25, 0.3) is 0 Å². The van der Waals surface area contributed by atoms with Gasteiger partial charge in [-0.25, -0.2) is 4.79 Å².